The second-order valence-corrected chi connectivity index (χ2v) is 8.88. The van der Waals surface area contributed by atoms with Crippen LogP contribution in [0.2, 0.25) is 5.02 Å². The van der Waals surface area contributed by atoms with Gasteiger partial charge in [0, 0.05) is 47.6 Å². The first kappa shape index (κ1) is 22.1. The summed E-state index contributed by atoms with van der Waals surface area (Å²) in [6, 6.07) is 5.42. The van der Waals surface area contributed by atoms with E-state index < -0.39 is 5.82 Å². The van der Waals surface area contributed by atoms with Crippen molar-refractivity contribution in [2.75, 3.05) is 30.3 Å². The number of carbonyl (C=O) groups is 1. The van der Waals surface area contributed by atoms with Crippen LogP contribution in [0.1, 0.15) is 12.5 Å². The van der Waals surface area contributed by atoms with Gasteiger partial charge in [-0.05, 0) is 31.6 Å². The monoisotopic (exact) mass is 479 g/mol. The van der Waals surface area contributed by atoms with Crippen molar-refractivity contribution in [2.24, 2.45) is 0 Å². The highest BCUT2D eigenvalue weighted by Crippen LogP contribution is 2.42. The first-order valence-corrected chi connectivity index (χ1v) is 11.2. The largest absolute Gasteiger partial charge is 0.368 e. The maximum absolute atomic E-state index is 16.1. The van der Waals surface area contributed by atoms with Gasteiger partial charge in [0.25, 0.3) is 0 Å². The Morgan fingerprint density at radius 2 is 2.12 bits per heavy atom. The number of aryl methyl sites for hydroxylation is 1. The molecular weight excluding hydrogens is 457 g/mol. The predicted molar refractivity (Wildman–Crippen MR) is 132 cm³/mol. The van der Waals surface area contributed by atoms with Gasteiger partial charge in [-0.15, -0.1) is 0 Å². The van der Waals surface area contributed by atoms with Gasteiger partial charge in [-0.2, -0.15) is 10.1 Å². The maximum atomic E-state index is 16.1. The van der Waals surface area contributed by atoms with Crippen LogP contribution in [0.25, 0.3) is 32.9 Å². The van der Waals surface area contributed by atoms with E-state index >= 15 is 4.39 Å². The molecule has 8 nitrogen and oxygen atoms in total. The number of carbonyl (C=O) groups excluding carboxylic acids is 1. The average Bonchev–Trinajstić information content (AvgIpc) is 3.29. The summed E-state index contributed by atoms with van der Waals surface area (Å²) >= 11 is 6.71. The summed E-state index contributed by atoms with van der Waals surface area (Å²) in [5.41, 5.74) is 8.52. The van der Waals surface area contributed by atoms with E-state index in [1.807, 2.05) is 30.9 Å². The molecule has 5 rings (SSSR count). The number of nitrogens with two attached hydrogens (primary N) is 1. The van der Waals surface area contributed by atoms with E-state index in [2.05, 4.69) is 26.7 Å². The number of rotatable bonds is 3. The number of nitrogens with zero attached hydrogens (tertiary/aromatic N) is 5. The summed E-state index contributed by atoms with van der Waals surface area (Å²) < 4.78 is 16.1. The summed E-state index contributed by atoms with van der Waals surface area (Å²) in [5.74, 6) is -0.246. The SMILES string of the molecule is C=CC(=O)N1CCN(c2nc(N)nc3c(F)c(-c4c(C)ccc5cn[nH]c45)c(Cl)cc23)[C@@H](C)C1. The molecule has 34 heavy (non-hydrogen) atoms. The molecular formula is C24H23ClFN7O. The Hall–Kier alpha value is -3.72. The van der Waals surface area contributed by atoms with Crippen LogP contribution < -0.4 is 10.6 Å². The van der Waals surface area contributed by atoms with Gasteiger partial charge in [0.15, 0.2) is 5.82 Å². The quantitative estimate of drug-likeness (QED) is 0.429. The Labute approximate surface area is 200 Å². The minimum absolute atomic E-state index is 0.0389. The van der Waals surface area contributed by atoms with Gasteiger partial charge in [0.1, 0.15) is 11.3 Å². The molecule has 0 unspecified atom stereocenters. The van der Waals surface area contributed by atoms with Crippen LogP contribution in [-0.2, 0) is 4.79 Å². The Morgan fingerprint density at radius 3 is 2.85 bits per heavy atom. The molecule has 0 spiro atoms. The zero-order valence-electron chi connectivity index (χ0n) is 18.8. The van der Waals surface area contributed by atoms with Crippen molar-refractivity contribution >= 4 is 51.1 Å². The number of anilines is 2. The fourth-order valence-corrected chi connectivity index (χ4v) is 4.97. The molecule has 1 amide bonds. The highest BCUT2D eigenvalue weighted by Gasteiger charge is 2.30. The number of halogens is 2. The number of hydrogen-bond acceptors (Lipinski definition) is 6. The fourth-order valence-electron chi connectivity index (χ4n) is 4.69. The normalized spacial score (nSPS) is 16.4. The van der Waals surface area contributed by atoms with Crippen molar-refractivity contribution in [3.8, 4) is 11.1 Å². The molecule has 10 heteroatoms. The summed E-state index contributed by atoms with van der Waals surface area (Å²) in [6.45, 7) is 8.88. The number of benzene rings is 2. The van der Waals surface area contributed by atoms with Crippen LogP contribution in [0.5, 0.6) is 0 Å². The van der Waals surface area contributed by atoms with Crippen LogP contribution in [0, 0.1) is 12.7 Å². The van der Waals surface area contributed by atoms with Gasteiger partial charge in [0.2, 0.25) is 11.9 Å². The maximum Gasteiger partial charge on any atom is 0.246 e. The molecule has 174 valence electrons. The van der Waals surface area contributed by atoms with E-state index in [9.17, 15) is 4.79 Å². The molecule has 1 fully saturated rings. The highest BCUT2D eigenvalue weighted by atomic mass is 35.5. The summed E-state index contributed by atoms with van der Waals surface area (Å²) in [7, 11) is 0. The zero-order chi connectivity index (χ0) is 24.1. The lowest BCUT2D eigenvalue weighted by Gasteiger charge is -2.40. The molecule has 0 radical (unpaired) electrons. The number of piperazine rings is 1. The van der Waals surface area contributed by atoms with E-state index in [1.165, 1.54) is 6.08 Å². The van der Waals surface area contributed by atoms with Gasteiger partial charge < -0.3 is 15.5 Å². The molecule has 1 aliphatic rings. The van der Waals surface area contributed by atoms with Crippen molar-refractivity contribution in [2.45, 2.75) is 19.9 Å². The molecule has 1 aliphatic heterocycles. The first-order chi connectivity index (χ1) is 16.3. The summed E-state index contributed by atoms with van der Waals surface area (Å²) in [6.07, 6.45) is 2.99. The lowest BCUT2D eigenvalue weighted by Crippen LogP contribution is -2.53. The topological polar surface area (TPSA) is 104 Å². The van der Waals surface area contributed by atoms with Gasteiger partial charge in [0.05, 0.1) is 16.7 Å². The average molecular weight is 480 g/mol. The third-order valence-corrected chi connectivity index (χ3v) is 6.64. The number of nitrogens with one attached hydrogen (secondary N) is 1. The molecule has 0 aliphatic carbocycles. The zero-order valence-corrected chi connectivity index (χ0v) is 19.5. The smallest absolute Gasteiger partial charge is 0.246 e. The van der Waals surface area contributed by atoms with Crippen LogP contribution >= 0.6 is 11.6 Å². The van der Waals surface area contributed by atoms with E-state index in [0.717, 1.165) is 10.9 Å². The van der Waals surface area contributed by atoms with E-state index in [4.69, 9.17) is 17.3 Å². The minimum Gasteiger partial charge on any atom is -0.368 e. The summed E-state index contributed by atoms with van der Waals surface area (Å²) in [5, 5.41) is 8.59. The molecule has 3 N–H and O–H groups in total. The third kappa shape index (κ3) is 3.43. The number of aromatic nitrogens is 4. The summed E-state index contributed by atoms with van der Waals surface area (Å²) in [4.78, 5) is 24.5. The molecule has 0 bridgehead atoms. The van der Waals surface area contributed by atoms with Crippen LogP contribution in [-0.4, -0.2) is 56.6 Å². The Bertz CT molecular complexity index is 1470. The van der Waals surface area contributed by atoms with Crippen molar-refractivity contribution in [1.29, 1.82) is 0 Å². The number of H-pyrrole nitrogens is 1. The molecule has 4 aromatic rings. The number of aromatic amines is 1. The highest BCUT2D eigenvalue weighted by molar-refractivity contribution is 6.35. The first-order valence-electron chi connectivity index (χ1n) is 10.9. The number of fused-ring (bicyclic) bond motifs is 2. The predicted octanol–water partition coefficient (Wildman–Crippen LogP) is 4.08. The van der Waals surface area contributed by atoms with Crippen molar-refractivity contribution < 1.29 is 9.18 Å². The van der Waals surface area contributed by atoms with E-state index in [0.29, 0.717) is 41.9 Å². The Kier molecular flexibility index (Phi) is 5.36. The molecule has 0 saturated carbocycles. The van der Waals surface area contributed by atoms with Gasteiger partial charge in [-0.25, -0.2) is 9.37 Å². The Morgan fingerprint density at radius 1 is 1.32 bits per heavy atom. The lowest BCUT2D eigenvalue weighted by atomic mass is 9.96. The lowest BCUT2D eigenvalue weighted by molar-refractivity contribution is -0.126. The minimum atomic E-state index is -0.573. The fraction of sp³-hybridized carbons (Fsp3) is 0.250. The van der Waals surface area contributed by atoms with E-state index in [1.54, 1.807) is 17.2 Å². The molecule has 3 heterocycles. The molecule has 1 saturated heterocycles. The van der Waals surface area contributed by atoms with Crippen molar-refractivity contribution in [3.63, 3.8) is 0 Å². The number of nitrogen functional groups attached to an aromatic ring is 1. The van der Waals surface area contributed by atoms with Crippen LogP contribution in [0.4, 0.5) is 16.2 Å². The number of amides is 1. The van der Waals surface area contributed by atoms with Crippen LogP contribution in [0.3, 0.4) is 0 Å². The van der Waals surface area contributed by atoms with Crippen molar-refractivity contribution in [3.05, 3.63) is 53.5 Å². The van der Waals surface area contributed by atoms with Crippen LogP contribution in [0.15, 0.2) is 37.1 Å². The standard InChI is InChI=1S/C24H23ClFN7O/c1-4-17(34)32-7-8-33(13(3)11-32)23-15-9-16(25)19(20(26)22(15)29-24(27)30-23)18-12(2)5-6-14-10-28-31-21(14)18/h4-6,9-10,13H,1,7-8,11H2,2-3H3,(H,28,31)(H2,27,29,30)/t13-/m0/s1. The molecule has 2 aromatic carbocycles. The molecule has 2 aromatic heterocycles. The van der Waals surface area contributed by atoms with Gasteiger partial charge in [-0.3, -0.25) is 9.89 Å². The second kappa shape index (κ2) is 8.25. The van der Waals surface area contributed by atoms with Gasteiger partial charge in [-0.1, -0.05) is 30.3 Å². The second-order valence-electron chi connectivity index (χ2n) is 8.47. The van der Waals surface area contributed by atoms with E-state index in [-0.39, 0.29) is 34.0 Å². The van der Waals surface area contributed by atoms with Crippen molar-refractivity contribution in [1.82, 2.24) is 25.1 Å². The van der Waals surface area contributed by atoms with Gasteiger partial charge >= 0.3 is 0 Å². The number of hydrogen-bond donors (Lipinski definition) is 2. The molecule has 1 atom stereocenters. The third-order valence-electron chi connectivity index (χ3n) is 6.34. The Balaban J connectivity index is 1.68.